The highest BCUT2D eigenvalue weighted by atomic mass is 19.1. The molecule has 8 rings (SSSR count). The molecule has 4 aliphatic rings. The zero-order chi connectivity index (χ0) is 31.1. The maximum absolute atomic E-state index is 16.7. The molecule has 45 heavy (non-hydrogen) atoms. The van der Waals surface area contributed by atoms with Crippen LogP contribution in [0.3, 0.4) is 0 Å². The number of fused-ring (bicyclic) bond motifs is 5. The van der Waals surface area contributed by atoms with Crippen molar-refractivity contribution in [1.82, 2.24) is 25.2 Å². The van der Waals surface area contributed by atoms with Gasteiger partial charge in [0.05, 0.1) is 10.9 Å². The Labute approximate surface area is 260 Å². The zero-order valence-corrected chi connectivity index (χ0v) is 24.9. The molecule has 232 valence electrons. The molecule has 2 atom stereocenters. The monoisotopic (exact) mass is 610 g/mol. The number of anilines is 1. The second-order valence-corrected chi connectivity index (χ2v) is 12.4. The highest BCUT2D eigenvalue weighted by molar-refractivity contribution is 6.02. The lowest BCUT2D eigenvalue weighted by Gasteiger charge is -2.34. The molecular weight excluding hydrogens is 575 g/mol. The van der Waals surface area contributed by atoms with E-state index in [0.29, 0.717) is 51.8 Å². The van der Waals surface area contributed by atoms with Crippen molar-refractivity contribution in [3.63, 3.8) is 0 Å². The number of carboxylic acid groups (broad SMARTS) is 1. The number of terminal acetylenes is 1. The smallest absolute Gasteiger partial charge is 0.319 e. The van der Waals surface area contributed by atoms with Crippen molar-refractivity contribution in [3.8, 4) is 35.4 Å². The van der Waals surface area contributed by atoms with Gasteiger partial charge in [0.25, 0.3) is 6.47 Å². The summed E-state index contributed by atoms with van der Waals surface area (Å²) in [7, 11) is 0. The van der Waals surface area contributed by atoms with E-state index in [1.807, 2.05) is 18.2 Å². The number of aromatic nitrogens is 3. The van der Waals surface area contributed by atoms with E-state index in [9.17, 15) is 5.11 Å². The number of carbonyl (C=O) groups is 1. The predicted octanol–water partition coefficient (Wildman–Crippen LogP) is 4.32. The first-order valence-corrected chi connectivity index (χ1v) is 15.5. The SMILES string of the molecule is C#Cc1cccc2cc(O)cc(-c3ncc4c(N5C[C@H]6CC[C@@H](C5)N6)nc(OCC56CCCN5CCC6)nc4c3F)c12.O=CO. The van der Waals surface area contributed by atoms with Crippen molar-refractivity contribution in [2.75, 3.05) is 37.7 Å². The molecule has 4 aromatic rings. The summed E-state index contributed by atoms with van der Waals surface area (Å²) in [5, 5.41) is 23.0. The van der Waals surface area contributed by atoms with Gasteiger partial charge in [-0.15, -0.1) is 6.42 Å². The molecule has 2 aromatic carbocycles. The molecule has 0 saturated carbocycles. The molecule has 0 amide bonds. The summed E-state index contributed by atoms with van der Waals surface area (Å²) in [5.74, 6) is 2.78. The maximum atomic E-state index is 16.7. The molecular formula is C34H35FN6O4. The fourth-order valence-corrected chi connectivity index (χ4v) is 7.86. The van der Waals surface area contributed by atoms with Crippen LogP contribution in [0.15, 0.2) is 36.5 Å². The van der Waals surface area contributed by atoms with Gasteiger partial charge in [0, 0.05) is 47.9 Å². The maximum Gasteiger partial charge on any atom is 0.319 e. The van der Waals surface area contributed by atoms with Crippen molar-refractivity contribution >= 4 is 34.0 Å². The minimum atomic E-state index is -0.584. The molecule has 0 aliphatic carbocycles. The van der Waals surface area contributed by atoms with E-state index in [-0.39, 0.29) is 35.0 Å². The minimum absolute atomic E-state index is 0.00796. The van der Waals surface area contributed by atoms with Gasteiger partial charge < -0.3 is 25.2 Å². The predicted molar refractivity (Wildman–Crippen MR) is 169 cm³/mol. The molecule has 2 aromatic heterocycles. The molecule has 2 bridgehead atoms. The summed E-state index contributed by atoms with van der Waals surface area (Å²) in [6.07, 6.45) is 14.2. The number of phenols is 1. The van der Waals surface area contributed by atoms with E-state index >= 15 is 4.39 Å². The average molecular weight is 611 g/mol. The fourth-order valence-electron chi connectivity index (χ4n) is 7.86. The van der Waals surface area contributed by atoms with Crippen LogP contribution < -0.4 is 15.0 Å². The Hall–Kier alpha value is -4.53. The highest BCUT2D eigenvalue weighted by Gasteiger charge is 2.45. The summed E-state index contributed by atoms with van der Waals surface area (Å²) in [6.45, 7) is 4.00. The lowest BCUT2D eigenvalue weighted by Crippen LogP contribution is -2.51. The average Bonchev–Trinajstić information content (AvgIpc) is 3.73. The second-order valence-electron chi connectivity index (χ2n) is 12.4. The van der Waals surface area contributed by atoms with Crippen LogP contribution >= 0.6 is 0 Å². The fraction of sp³-hybridized carbons (Fsp3) is 0.412. The summed E-state index contributed by atoms with van der Waals surface area (Å²) in [5.41, 5.74) is 1.28. The van der Waals surface area contributed by atoms with Gasteiger partial charge in [0.2, 0.25) is 0 Å². The third-order valence-corrected chi connectivity index (χ3v) is 9.81. The number of aromatic hydroxyl groups is 1. The number of pyridine rings is 1. The molecule has 11 heteroatoms. The van der Waals surface area contributed by atoms with Crippen molar-refractivity contribution in [1.29, 1.82) is 0 Å². The first kappa shape index (κ1) is 29.2. The number of hydrogen-bond acceptors (Lipinski definition) is 9. The van der Waals surface area contributed by atoms with Crippen LogP contribution in [0.4, 0.5) is 10.2 Å². The highest BCUT2D eigenvalue weighted by Crippen LogP contribution is 2.41. The number of halogens is 1. The van der Waals surface area contributed by atoms with E-state index in [2.05, 4.69) is 31.0 Å². The van der Waals surface area contributed by atoms with Gasteiger partial charge in [0.1, 0.15) is 29.4 Å². The Balaban J connectivity index is 0.00000104. The Morgan fingerprint density at radius 2 is 1.89 bits per heavy atom. The first-order valence-electron chi connectivity index (χ1n) is 15.5. The van der Waals surface area contributed by atoms with Crippen LogP contribution in [-0.2, 0) is 4.79 Å². The number of nitrogens with zero attached hydrogens (tertiary/aromatic N) is 5. The number of rotatable bonds is 5. The third-order valence-electron chi connectivity index (χ3n) is 9.81. The molecule has 6 heterocycles. The Morgan fingerprint density at radius 1 is 1.16 bits per heavy atom. The normalized spacial score (nSPS) is 21.7. The number of piperazine rings is 1. The Morgan fingerprint density at radius 3 is 2.60 bits per heavy atom. The molecule has 3 N–H and O–H groups in total. The third kappa shape index (κ3) is 5.18. The van der Waals surface area contributed by atoms with Crippen LogP contribution in [0.1, 0.15) is 44.1 Å². The lowest BCUT2D eigenvalue weighted by atomic mass is 9.95. The van der Waals surface area contributed by atoms with Gasteiger partial charge in [-0.1, -0.05) is 18.1 Å². The molecule has 10 nitrogen and oxygen atoms in total. The molecule has 4 fully saturated rings. The van der Waals surface area contributed by atoms with Crippen LogP contribution in [0.5, 0.6) is 11.8 Å². The number of ether oxygens (including phenoxy) is 1. The van der Waals surface area contributed by atoms with Gasteiger partial charge in [-0.05, 0) is 75.2 Å². The minimum Gasteiger partial charge on any atom is -0.508 e. The quantitative estimate of drug-likeness (QED) is 0.222. The Kier molecular flexibility index (Phi) is 7.63. The lowest BCUT2D eigenvalue weighted by molar-refractivity contribution is -0.122. The van der Waals surface area contributed by atoms with Crippen LogP contribution in [0.25, 0.3) is 32.9 Å². The van der Waals surface area contributed by atoms with E-state index in [0.717, 1.165) is 64.7 Å². The summed E-state index contributed by atoms with van der Waals surface area (Å²) in [6, 6.07) is 9.56. The standard InChI is InChI=1S/C33H33FN6O2.CH2O2/c1-2-20-6-3-7-21-14-24(41)15-25(27(20)21)29-28(34)30-26(16-35-29)31(39-17-22-8-9-23(18-39)36-22)38-32(37-30)42-19-33-10-4-12-40(33)13-5-11-33;2-1-3/h1,3,6-7,14-16,22-23,36,41H,4-5,8-13,17-19H2;1H,(H,2,3)/t22-,23+;. The number of benzene rings is 2. The van der Waals surface area contributed by atoms with Crippen molar-refractivity contribution in [2.24, 2.45) is 0 Å². The summed E-state index contributed by atoms with van der Waals surface area (Å²) in [4.78, 5) is 27.3. The van der Waals surface area contributed by atoms with Gasteiger partial charge in [-0.3, -0.25) is 14.7 Å². The summed E-state index contributed by atoms with van der Waals surface area (Å²) >= 11 is 0. The first-order chi connectivity index (χ1) is 21.9. The molecule has 0 radical (unpaired) electrons. The van der Waals surface area contributed by atoms with Crippen molar-refractivity contribution < 1.29 is 24.1 Å². The van der Waals surface area contributed by atoms with Gasteiger partial charge in [-0.25, -0.2) is 4.39 Å². The van der Waals surface area contributed by atoms with E-state index in [1.165, 1.54) is 6.07 Å². The van der Waals surface area contributed by atoms with E-state index in [1.54, 1.807) is 12.3 Å². The summed E-state index contributed by atoms with van der Waals surface area (Å²) < 4.78 is 23.1. The van der Waals surface area contributed by atoms with Crippen LogP contribution in [0, 0.1) is 18.2 Å². The topological polar surface area (TPSA) is 124 Å². The van der Waals surface area contributed by atoms with E-state index < -0.39 is 5.82 Å². The van der Waals surface area contributed by atoms with Crippen molar-refractivity contribution in [2.45, 2.75) is 56.1 Å². The Bertz CT molecular complexity index is 1800. The molecule has 0 spiro atoms. The van der Waals surface area contributed by atoms with Crippen LogP contribution in [-0.4, -0.2) is 86.9 Å². The number of nitrogens with one attached hydrogen (secondary N) is 1. The van der Waals surface area contributed by atoms with Crippen molar-refractivity contribution in [3.05, 3.63) is 47.9 Å². The van der Waals surface area contributed by atoms with Gasteiger partial charge >= 0.3 is 6.01 Å². The zero-order valence-electron chi connectivity index (χ0n) is 24.9. The molecule has 4 saturated heterocycles. The van der Waals surface area contributed by atoms with Gasteiger partial charge in [-0.2, -0.15) is 9.97 Å². The number of phenolic OH excluding ortho intramolecular Hbond substituents is 1. The largest absolute Gasteiger partial charge is 0.508 e. The molecule has 4 aliphatic heterocycles. The van der Waals surface area contributed by atoms with Crippen LogP contribution in [0.2, 0.25) is 0 Å². The second kappa shape index (κ2) is 11.8. The number of hydrogen-bond donors (Lipinski definition) is 3. The molecule has 0 unspecified atom stereocenters. The van der Waals surface area contributed by atoms with Gasteiger partial charge in [0.15, 0.2) is 5.82 Å². The van der Waals surface area contributed by atoms with E-state index in [4.69, 9.17) is 26.0 Å².